The Morgan fingerprint density at radius 3 is 2.64 bits per heavy atom. The lowest BCUT2D eigenvalue weighted by Gasteiger charge is -2.34. The highest BCUT2D eigenvalue weighted by Crippen LogP contribution is 2.54. The molecule has 0 radical (unpaired) electrons. The minimum absolute atomic E-state index is 0.0132. The van der Waals surface area contributed by atoms with Crippen LogP contribution in [-0.4, -0.2) is 58.2 Å². The van der Waals surface area contributed by atoms with Gasteiger partial charge in [0.15, 0.2) is 23.7 Å². The van der Waals surface area contributed by atoms with Crippen molar-refractivity contribution >= 4 is 55.9 Å². The lowest BCUT2D eigenvalue weighted by Crippen LogP contribution is -2.27. The number of aryl methyl sites for hydroxylation is 2. The number of aliphatic imine (C=N–C) groups is 1. The predicted molar refractivity (Wildman–Crippen MR) is 298 cm³/mol. The summed E-state index contributed by atoms with van der Waals surface area (Å²) < 4.78 is 19.2. The van der Waals surface area contributed by atoms with Gasteiger partial charge in [0.25, 0.3) is 0 Å². The van der Waals surface area contributed by atoms with Crippen LogP contribution in [-0.2, 0) is 34.7 Å². The zero-order chi connectivity index (χ0) is 51.5. The van der Waals surface area contributed by atoms with Crippen LogP contribution in [0.5, 0.6) is 17.2 Å². The van der Waals surface area contributed by atoms with Gasteiger partial charge in [-0.2, -0.15) is 0 Å². The Kier molecular flexibility index (Phi) is 15.7. The van der Waals surface area contributed by atoms with Gasteiger partial charge in [0.2, 0.25) is 0 Å². The molecule has 13 heteroatoms. The number of hydrogen-bond donors (Lipinski definition) is 6. The maximum absolute atomic E-state index is 14.3. The fourth-order valence-electron chi connectivity index (χ4n) is 12.0. The third-order valence-corrected chi connectivity index (χ3v) is 18.1. The van der Waals surface area contributed by atoms with Crippen molar-refractivity contribution in [1.29, 1.82) is 0 Å². The van der Waals surface area contributed by atoms with E-state index in [-0.39, 0.29) is 66.3 Å². The maximum atomic E-state index is 14.3. The Balaban J connectivity index is 1.15. The molecule has 7 atom stereocenters. The van der Waals surface area contributed by atoms with Crippen molar-refractivity contribution in [2.24, 2.45) is 28.5 Å². The summed E-state index contributed by atoms with van der Waals surface area (Å²) in [5, 5.41) is 53.4. The number of unbranched alkanes of at least 4 members (excludes halogenated alkanes) is 1. The Morgan fingerprint density at radius 2 is 1.82 bits per heavy atom. The number of carbonyl (C=O) groups is 1. The summed E-state index contributed by atoms with van der Waals surface area (Å²) in [6.45, 7) is 2.09. The number of ketones is 1. The second-order valence-electron chi connectivity index (χ2n) is 20.3. The van der Waals surface area contributed by atoms with Gasteiger partial charge in [-0.3, -0.25) is 9.79 Å². The molecule has 7 N–H and O–H groups in total. The molecule has 5 aromatic carbocycles. The first-order valence-corrected chi connectivity index (χ1v) is 28.4. The number of aliphatic hydroxyl groups is 3. The molecule has 0 aromatic heterocycles. The molecular formula is C61H65N3O8S2. The third-order valence-electron chi connectivity index (χ3n) is 15.7. The number of nitrogens with zero attached hydrogens (tertiary/aromatic N) is 1. The first-order valence-electron chi connectivity index (χ1n) is 25.9. The summed E-state index contributed by atoms with van der Waals surface area (Å²) in [6, 6.07) is 26.1. The van der Waals surface area contributed by atoms with Gasteiger partial charge in [0.1, 0.15) is 36.1 Å². The van der Waals surface area contributed by atoms with Gasteiger partial charge < -0.3 is 45.7 Å². The highest BCUT2D eigenvalue weighted by Gasteiger charge is 2.39. The van der Waals surface area contributed by atoms with Crippen LogP contribution < -0.4 is 20.5 Å². The molecule has 7 aliphatic rings. The summed E-state index contributed by atoms with van der Waals surface area (Å²) in [7, 11) is 6.58. The average molecular weight is 1030 g/mol. The number of methoxy groups -OCH3 is 1. The topological polar surface area (TPSA) is 176 Å². The maximum Gasteiger partial charge on any atom is 0.192 e. The van der Waals surface area contributed by atoms with E-state index >= 15 is 0 Å². The Bertz CT molecular complexity index is 3120. The zero-order valence-corrected chi connectivity index (χ0v) is 43.8. The number of carbonyl (C=O) groups excluding carboxylic acids is 1. The van der Waals surface area contributed by atoms with Crippen LogP contribution in [0.15, 0.2) is 113 Å². The van der Waals surface area contributed by atoms with Crippen molar-refractivity contribution in [3.63, 3.8) is 0 Å². The molecule has 0 spiro atoms. The summed E-state index contributed by atoms with van der Waals surface area (Å²) in [6.07, 6.45) is 14.6. The Hall–Kier alpha value is -6.30. The van der Waals surface area contributed by atoms with E-state index in [2.05, 4.69) is 71.8 Å². The first-order chi connectivity index (χ1) is 36.0. The molecule has 384 valence electrons. The van der Waals surface area contributed by atoms with Crippen molar-refractivity contribution in [2.45, 2.75) is 107 Å². The van der Waals surface area contributed by atoms with Gasteiger partial charge in [-0.15, -0.1) is 0 Å². The number of hydrogen-bond acceptors (Lipinski definition) is 11. The summed E-state index contributed by atoms with van der Waals surface area (Å²) in [4.78, 5) is 18.3. The number of anilines is 1. The fraction of sp³-hybridized carbons (Fsp3) is 0.377. The van der Waals surface area contributed by atoms with Crippen molar-refractivity contribution in [1.82, 2.24) is 0 Å². The number of nitrogens with two attached hydrogens (primary N) is 1. The van der Waals surface area contributed by atoms with E-state index in [0.29, 0.717) is 70.5 Å². The van der Waals surface area contributed by atoms with Crippen LogP contribution >= 0.6 is 21.6 Å². The molecule has 0 fully saturated rings. The van der Waals surface area contributed by atoms with Gasteiger partial charge in [0.05, 0.1) is 13.0 Å². The van der Waals surface area contributed by atoms with Crippen molar-refractivity contribution in [2.75, 3.05) is 25.2 Å². The minimum Gasteiger partial charge on any atom is -0.508 e. The number of nitrogens with one attached hydrogen (secondary N) is 1. The van der Waals surface area contributed by atoms with Crippen molar-refractivity contribution in [3.8, 4) is 29.3 Å². The Labute approximate surface area is 441 Å². The Morgan fingerprint density at radius 1 is 0.973 bits per heavy atom. The number of Topliss-reactive ketones (excluding diaryl/α,β-unsaturated/α-hetero) is 1. The average Bonchev–Trinajstić information content (AvgIpc) is 3.41. The molecule has 2 aliphatic carbocycles. The van der Waals surface area contributed by atoms with Gasteiger partial charge >= 0.3 is 0 Å². The monoisotopic (exact) mass is 1030 g/mol. The number of fused-ring (bicyclic) bond motifs is 5. The van der Waals surface area contributed by atoms with Gasteiger partial charge in [0, 0.05) is 65.6 Å². The van der Waals surface area contributed by atoms with Crippen LogP contribution in [0, 0.1) is 29.8 Å². The number of guanidine groups is 1. The summed E-state index contributed by atoms with van der Waals surface area (Å²) in [5.74, 6) is 4.94. The van der Waals surface area contributed by atoms with Crippen LogP contribution in [0.3, 0.4) is 0 Å². The van der Waals surface area contributed by atoms with E-state index in [9.17, 15) is 25.2 Å². The number of aromatic hydroxyl groups is 1. The van der Waals surface area contributed by atoms with Crippen LogP contribution in [0.25, 0.3) is 16.8 Å². The summed E-state index contributed by atoms with van der Waals surface area (Å²) >= 11 is 0. The highest BCUT2D eigenvalue weighted by molar-refractivity contribution is 8.76. The first kappa shape index (κ1) is 51.2. The molecule has 74 heavy (non-hydrogen) atoms. The molecule has 0 amide bonds. The van der Waals surface area contributed by atoms with Gasteiger partial charge in [-0.05, 0) is 142 Å². The number of rotatable bonds is 9. The lowest BCUT2D eigenvalue weighted by atomic mass is 9.70. The largest absolute Gasteiger partial charge is 0.508 e. The van der Waals surface area contributed by atoms with E-state index in [1.54, 1.807) is 35.7 Å². The minimum atomic E-state index is -1.90. The quantitative estimate of drug-likeness (QED) is 0.0206. The highest BCUT2D eigenvalue weighted by atomic mass is 33.1. The molecule has 0 saturated carbocycles. The molecular weight excluding hydrogens is 967 g/mol. The standard InChI is InChI=1S/C61H65N3O8S2/c1-35-16-20-45-50-32-72-55-25-37(18-21-54(55)70-3)17-19-43(65)30-44-26-40-29-52(66)49(27-39(40)14-8-7-10-36-11-9-15-42(24-36)64-61(62)63-2)41-28-48(38-12-5-4-6-13-38)46(22-23-71-44)58-53(67)31-47(35)56(45)59(58)51(34-74-73-33-41)57(50)60(68)69/h4-6,9,11-13,15-16,18,20-21,24-25,27,29,31,35,39-41,44,46,48,60,66-69H,7-8,10,14,17,19,26,28,30,32-34H2,1-3H3,(H3,62,63,64). The molecule has 12 bridgehead atoms. The van der Waals surface area contributed by atoms with E-state index in [1.165, 1.54) is 5.56 Å². The van der Waals surface area contributed by atoms with Gasteiger partial charge in [-0.25, -0.2) is 0 Å². The second kappa shape index (κ2) is 22.7. The molecule has 5 heterocycles. The summed E-state index contributed by atoms with van der Waals surface area (Å²) in [5.41, 5.74) is 14.8. The normalized spacial score (nSPS) is 23.7. The van der Waals surface area contributed by atoms with Crippen LogP contribution in [0.1, 0.15) is 126 Å². The third kappa shape index (κ3) is 10.8. The number of benzene rings is 5. The van der Waals surface area contributed by atoms with Gasteiger partial charge in [-0.1, -0.05) is 108 Å². The van der Waals surface area contributed by atoms with Crippen molar-refractivity contribution < 1.29 is 39.4 Å². The number of phenolic OH excluding ortho intramolecular Hbond substituents is 1. The number of aliphatic hydroxyl groups excluding tert-OH is 2. The fourth-order valence-corrected chi connectivity index (χ4v) is 14.5. The van der Waals surface area contributed by atoms with Crippen LogP contribution in [0.4, 0.5) is 5.69 Å². The van der Waals surface area contributed by atoms with E-state index in [0.717, 1.165) is 70.0 Å². The van der Waals surface area contributed by atoms with Crippen molar-refractivity contribution in [3.05, 3.63) is 158 Å². The smallest absolute Gasteiger partial charge is 0.192 e. The van der Waals surface area contributed by atoms with Crippen LogP contribution in [0.2, 0.25) is 0 Å². The predicted octanol–water partition coefficient (Wildman–Crippen LogP) is 12.1. The molecule has 5 aromatic rings. The molecule has 5 aliphatic heterocycles. The number of phenols is 1. The molecule has 7 unspecified atom stereocenters. The van der Waals surface area contributed by atoms with E-state index in [1.807, 2.05) is 60.7 Å². The molecule has 11 nitrogen and oxygen atoms in total. The molecule has 0 saturated heterocycles. The van der Waals surface area contributed by atoms with E-state index in [4.69, 9.17) is 19.9 Å². The van der Waals surface area contributed by atoms with E-state index < -0.39 is 18.3 Å². The zero-order valence-electron chi connectivity index (χ0n) is 42.2. The SMILES string of the molecule is CN=C(N)Nc1cccc(CCCCC2C=C3C(O)=CC2CC2CC(=O)CCc4ccc(OC)c(c4)OCc4c(C(O)O)c5c6c(c(O)cc7c6c4C=CC7C)C(C#CO2)C(c2ccccc2)CC3CSSC5)c1. The second-order valence-corrected chi connectivity index (χ2v) is 22.9. The number of allylic oxidation sites excluding steroid dienone is 4. The molecule has 12 rings (SSSR count). The number of ether oxygens (including phenoxy) is 3. The lowest BCUT2D eigenvalue weighted by molar-refractivity contribution is -0.121.